The predicted molar refractivity (Wildman–Crippen MR) is 65.5 cm³/mol. The van der Waals surface area contributed by atoms with Gasteiger partial charge in [-0.25, -0.2) is 4.79 Å². The molecule has 2 amide bonds. The Balaban J connectivity index is 1.96. The van der Waals surface area contributed by atoms with Crippen LogP contribution in [0.4, 0.5) is 4.79 Å². The Morgan fingerprint density at radius 2 is 2.47 bits per heavy atom. The van der Waals surface area contributed by atoms with Gasteiger partial charge in [-0.05, 0) is 19.2 Å². The highest BCUT2D eigenvalue weighted by molar-refractivity contribution is 5.74. The Bertz CT molecular complexity index is 368. The van der Waals surface area contributed by atoms with Crippen molar-refractivity contribution in [2.45, 2.75) is 6.54 Å². The lowest BCUT2D eigenvalue weighted by Crippen LogP contribution is -2.52. The number of carbonyl (C=O) groups excluding carboxylic acids is 1. The molecule has 5 heteroatoms. The SMILES string of the molecule is CNCC1CNC(=O)N(Cc2ccccn2)C1. The van der Waals surface area contributed by atoms with Gasteiger partial charge in [-0.2, -0.15) is 0 Å². The lowest BCUT2D eigenvalue weighted by molar-refractivity contribution is 0.163. The summed E-state index contributed by atoms with van der Waals surface area (Å²) in [5.74, 6) is 0.460. The first-order valence-corrected chi connectivity index (χ1v) is 5.87. The average molecular weight is 234 g/mol. The molecule has 0 aromatic carbocycles. The zero-order valence-corrected chi connectivity index (χ0v) is 10.0. The van der Waals surface area contributed by atoms with Crippen molar-refractivity contribution in [3.05, 3.63) is 30.1 Å². The van der Waals surface area contributed by atoms with Gasteiger partial charge in [-0.3, -0.25) is 4.98 Å². The molecule has 17 heavy (non-hydrogen) atoms. The van der Waals surface area contributed by atoms with Crippen molar-refractivity contribution in [2.75, 3.05) is 26.7 Å². The third kappa shape index (κ3) is 3.17. The van der Waals surface area contributed by atoms with E-state index in [-0.39, 0.29) is 6.03 Å². The zero-order valence-electron chi connectivity index (χ0n) is 10.0. The lowest BCUT2D eigenvalue weighted by Gasteiger charge is -2.33. The van der Waals surface area contributed by atoms with Crippen LogP contribution in [0.3, 0.4) is 0 Å². The number of urea groups is 1. The molecule has 0 aliphatic carbocycles. The maximum Gasteiger partial charge on any atom is 0.317 e. The molecule has 1 aliphatic heterocycles. The van der Waals surface area contributed by atoms with Gasteiger partial charge in [-0.15, -0.1) is 0 Å². The van der Waals surface area contributed by atoms with Crippen molar-refractivity contribution >= 4 is 6.03 Å². The van der Waals surface area contributed by atoms with E-state index in [0.717, 1.165) is 25.3 Å². The number of pyridine rings is 1. The molecule has 1 unspecified atom stereocenters. The maximum absolute atomic E-state index is 11.7. The van der Waals surface area contributed by atoms with Crippen molar-refractivity contribution in [1.29, 1.82) is 0 Å². The molecular formula is C12H18N4O. The molecule has 2 N–H and O–H groups in total. The van der Waals surface area contributed by atoms with Gasteiger partial charge in [0.2, 0.25) is 0 Å². The standard InChI is InChI=1S/C12H18N4O/c1-13-6-10-7-15-12(17)16(8-10)9-11-4-2-3-5-14-11/h2-5,10,13H,6-9H2,1H3,(H,15,17). The minimum Gasteiger partial charge on any atom is -0.338 e. The van der Waals surface area contributed by atoms with Gasteiger partial charge in [0.1, 0.15) is 0 Å². The molecule has 92 valence electrons. The molecule has 1 fully saturated rings. The molecule has 0 spiro atoms. The fourth-order valence-corrected chi connectivity index (χ4v) is 2.05. The molecule has 2 heterocycles. The predicted octanol–water partition coefficient (Wildman–Crippen LogP) is 0.442. The third-order valence-corrected chi connectivity index (χ3v) is 2.88. The fourth-order valence-electron chi connectivity index (χ4n) is 2.05. The molecule has 0 radical (unpaired) electrons. The largest absolute Gasteiger partial charge is 0.338 e. The van der Waals surface area contributed by atoms with Gasteiger partial charge >= 0.3 is 6.03 Å². The van der Waals surface area contributed by atoms with Crippen LogP contribution < -0.4 is 10.6 Å². The summed E-state index contributed by atoms with van der Waals surface area (Å²) < 4.78 is 0. The van der Waals surface area contributed by atoms with E-state index in [9.17, 15) is 4.79 Å². The maximum atomic E-state index is 11.7. The first-order valence-electron chi connectivity index (χ1n) is 5.87. The Labute approximate surface area is 101 Å². The minimum absolute atomic E-state index is 0.00278. The number of aromatic nitrogens is 1. The van der Waals surface area contributed by atoms with Crippen LogP contribution in [0.25, 0.3) is 0 Å². The Morgan fingerprint density at radius 1 is 1.59 bits per heavy atom. The van der Waals surface area contributed by atoms with Gasteiger partial charge < -0.3 is 15.5 Å². The van der Waals surface area contributed by atoms with Crippen LogP contribution in [0.1, 0.15) is 5.69 Å². The molecule has 2 rings (SSSR count). The molecule has 1 aliphatic rings. The number of nitrogens with zero attached hydrogens (tertiary/aromatic N) is 2. The summed E-state index contributed by atoms with van der Waals surface area (Å²) in [5.41, 5.74) is 0.924. The topological polar surface area (TPSA) is 57.3 Å². The summed E-state index contributed by atoms with van der Waals surface area (Å²) in [6.07, 6.45) is 1.75. The molecule has 5 nitrogen and oxygen atoms in total. The summed E-state index contributed by atoms with van der Waals surface area (Å²) in [4.78, 5) is 17.8. The molecule has 1 aromatic rings. The molecule has 0 saturated carbocycles. The van der Waals surface area contributed by atoms with Crippen LogP contribution in [-0.4, -0.2) is 42.6 Å². The zero-order chi connectivity index (χ0) is 12.1. The van der Waals surface area contributed by atoms with Crippen molar-refractivity contribution in [2.24, 2.45) is 5.92 Å². The highest BCUT2D eigenvalue weighted by Crippen LogP contribution is 2.09. The highest BCUT2D eigenvalue weighted by atomic mass is 16.2. The van der Waals surface area contributed by atoms with E-state index < -0.39 is 0 Å². The van der Waals surface area contributed by atoms with Crippen molar-refractivity contribution in [1.82, 2.24) is 20.5 Å². The Kier molecular flexibility index (Phi) is 3.93. The second kappa shape index (κ2) is 5.63. The minimum atomic E-state index is 0.00278. The van der Waals surface area contributed by atoms with Crippen LogP contribution in [-0.2, 0) is 6.54 Å². The number of carbonyl (C=O) groups is 1. The summed E-state index contributed by atoms with van der Waals surface area (Å²) >= 11 is 0. The van der Waals surface area contributed by atoms with E-state index in [1.54, 1.807) is 6.20 Å². The van der Waals surface area contributed by atoms with Crippen LogP contribution in [0.15, 0.2) is 24.4 Å². The van der Waals surface area contributed by atoms with Crippen molar-refractivity contribution in [3.8, 4) is 0 Å². The van der Waals surface area contributed by atoms with E-state index in [1.807, 2.05) is 30.1 Å². The second-order valence-electron chi connectivity index (χ2n) is 4.31. The van der Waals surface area contributed by atoms with E-state index in [2.05, 4.69) is 15.6 Å². The van der Waals surface area contributed by atoms with Gasteiger partial charge in [0.25, 0.3) is 0 Å². The fraction of sp³-hybridized carbons (Fsp3) is 0.500. The molecular weight excluding hydrogens is 216 g/mol. The summed E-state index contributed by atoms with van der Waals surface area (Å²) in [6, 6.07) is 5.76. The van der Waals surface area contributed by atoms with Crippen LogP contribution in [0, 0.1) is 5.92 Å². The van der Waals surface area contributed by atoms with E-state index in [1.165, 1.54) is 0 Å². The number of nitrogens with one attached hydrogen (secondary N) is 2. The summed E-state index contributed by atoms with van der Waals surface area (Å²) in [7, 11) is 1.93. The normalized spacial score (nSPS) is 20.2. The van der Waals surface area contributed by atoms with Crippen LogP contribution in [0.2, 0.25) is 0 Å². The monoisotopic (exact) mass is 234 g/mol. The first-order chi connectivity index (χ1) is 8.29. The number of amides is 2. The molecule has 1 aromatic heterocycles. The van der Waals surface area contributed by atoms with Gasteiger partial charge in [0.15, 0.2) is 0 Å². The van der Waals surface area contributed by atoms with E-state index in [4.69, 9.17) is 0 Å². The number of hydrogen-bond donors (Lipinski definition) is 2. The smallest absolute Gasteiger partial charge is 0.317 e. The van der Waals surface area contributed by atoms with Gasteiger partial charge in [-0.1, -0.05) is 6.07 Å². The molecule has 1 atom stereocenters. The quantitative estimate of drug-likeness (QED) is 0.795. The molecule has 1 saturated heterocycles. The number of rotatable bonds is 4. The lowest BCUT2D eigenvalue weighted by atomic mass is 10.1. The third-order valence-electron chi connectivity index (χ3n) is 2.88. The molecule has 0 bridgehead atoms. The summed E-state index contributed by atoms with van der Waals surface area (Å²) in [6.45, 7) is 3.02. The number of hydrogen-bond acceptors (Lipinski definition) is 3. The van der Waals surface area contributed by atoms with Crippen molar-refractivity contribution in [3.63, 3.8) is 0 Å². The van der Waals surface area contributed by atoms with Gasteiger partial charge in [0, 0.05) is 31.7 Å². The van der Waals surface area contributed by atoms with E-state index >= 15 is 0 Å². The van der Waals surface area contributed by atoms with Crippen LogP contribution in [0.5, 0.6) is 0 Å². The first kappa shape index (κ1) is 11.9. The average Bonchev–Trinajstić information content (AvgIpc) is 2.35. The second-order valence-corrected chi connectivity index (χ2v) is 4.31. The van der Waals surface area contributed by atoms with Crippen molar-refractivity contribution < 1.29 is 4.79 Å². The van der Waals surface area contributed by atoms with Crippen LogP contribution >= 0.6 is 0 Å². The highest BCUT2D eigenvalue weighted by Gasteiger charge is 2.24. The Hall–Kier alpha value is -1.62. The summed E-state index contributed by atoms with van der Waals surface area (Å²) in [5, 5.41) is 6.05. The van der Waals surface area contributed by atoms with E-state index in [0.29, 0.717) is 12.5 Å². The van der Waals surface area contributed by atoms with Gasteiger partial charge in [0.05, 0.1) is 12.2 Å². The Morgan fingerprint density at radius 3 is 3.18 bits per heavy atom.